The molecule has 0 radical (unpaired) electrons. The third-order valence-electron chi connectivity index (χ3n) is 4.94. The number of hydrogen-bond donors (Lipinski definition) is 2. The minimum atomic E-state index is -4.51. The van der Waals surface area contributed by atoms with Crippen molar-refractivity contribution in [2.75, 3.05) is 31.1 Å². The number of alkyl halides is 3. The fraction of sp³-hybridized carbons (Fsp3) is 0.500. The number of imidazole rings is 1. The van der Waals surface area contributed by atoms with Gasteiger partial charge in [-0.3, -0.25) is 13.9 Å². The Hall–Kier alpha value is -3.58. The van der Waals surface area contributed by atoms with Crippen LogP contribution in [0.1, 0.15) is 12.5 Å². The molecule has 2 aromatic rings. The van der Waals surface area contributed by atoms with E-state index in [4.69, 9.17) is 5.11 Å². The van der Waals surface area contributed by atoms with Crippen LogP contribution in [0.5, 0.6) is 0 Å². The van der Waals surface area contributed by atoms with Crippen molar-refractivity contribution < 1.29 is 27.9 Å². The van der Waals surface area contributed by atoms with Crippen molar-refractivity contribution in [3.8, 4) is 0 Å². The van der Waals surface area contributed by atoms with Crippen LogP contribution in [-0.2, 0) is 24.1 Å². The summed E-state index contributed by atoms with van der Waals surface area (Å²) in [4.78, 5) is 46.4. The van der Waals surface area contributed by atoms with Crippen LogP contribution >= 0.6 is 0 Å². The number of anilines is 1. The molecule has 3 rings (SSSR count). The number of hydrogen-bond acceptors (Lipinski definition) is 6. The van der Waals surface area contributed by atoms with Gasteiger partial charge >= 0.3 is 18.0 Å². The van der Waals surface area contributed by atoms with Crippen molar-refractivity contribution >= 4 is 17.9 Å². The molecule has 32 heavy (non-hydrogen) atoms. The smallest absolute Gasteiger partial charge is 0.419 e. The first-order valence-electron chi connectivity index (χ1n) is 9.71. The maximum absolute atomic E-state index is 12.6. The molecule has 0 spiro atoms. The molecule has 0 bridgehead atoms. The normalized spacial score (nSPS) is 15.5. The summed E-state index contributed by atoms with van der Waals surface area (Å²) in [5.74, 6) is -0.128. The molecule has 1 aliphatic rings. The lowest BCUT2D eigenvalue weighted by molar-refractivity contribution is -0.138. The highest BCUT2D eigenvalue weighted by atomic mass is 19.4. The number of aromatic nitrogens is 4. The van der Waals surface area contributed by atoms with Gasteiger partial charge in [0.05, 0.1) is 5.56 Å². The van der Waals surface area contributed by atoms with E-state index in [1.807, 2.05) is 0 Å². The molecule has 14 heteroatoms. The van der Waals surface area contributed by atoms with Gasteiger partial charge in [-0.05, 0) is 6.92 Å². The van der Waals surface area contributed by atoms with Crippen LogP contribution in [0.4, 0.5) is 23.9 Å². The summed E-state index contributed by atoms with van der Waals surface area (Å²) < 4.78 is 40.4. The Morgan fingerprint density at radius 3 is 2.28 bits per heavy atom. The molecule has 0 aliphatic carbocycles. The number of carbonyl (C=O) groups is 2. The molecule has 2 N–H and O–H groups in total. The summed E-state index contributed by atoms with van der Waals surface area (Å²) in [6.07, 6.45) is -1.31. The fourth-order valence-corrected chi connectivity index (χ4v) is 3.30. The summed E-state index contributed by atoms with van der Waals surface area (Å²) in [5.41, 5.74) is -1.37. The SMILES string of the molecule is CC(Cn1ccn(CC(=O)N2CCN(c3ncc(C(F)(F)F)cn3)CC2)c1=O)NC(=O)O. The van der Waals surface area contributed by atoms with Crippen LogP contribution in [0, 0.1) is 0 Å². The first-order chi connectivity index (χ1) is 15.0. The average Bonchev–Trinajstić information content (AvgIpc) is 3.06. The molecule has 1 fully saturated rings. The molecule has 1 saturated heterocycles. The van der Waals surface area contributed by atoms with Gasteiger partial charge < -0.3 is 20.2 Å². The highest BCUT2D eigenvalue weighted by Crippen LogP contribution is 2.28. The zero-order valence-electron chi connectivity index (χ0n) is 17.1. The molecule has 1 unspecified atom stereocenters. The van der Waals surface area contributed by atoms with Crippen LogP contribution in [-0.4, -0.2) is 73.3 Å². The molecule has 2 aromatic heterocycles. The second-order valence-corrected chi connectivity index (χ2v) is 7.35. The molecule has 2 amide bonds. The number of halogens is 3. The summed E-state index contributed by atoms with van der Waals surface area (Å²) in [7, 11) is 0. The number of piperazine rings is 1. The predicted octanol–water partition coefficient (Wildman–Crippen LogP) is 0.464. The van der Waals surface area contributed by atoms with Crippen molar-refractivity contribution in [3.63, 3.8) is 0 Å². The number of amides is 2. The van der Waals surface area contributed by atoms with E-state index < -0.39 is 29.6 Å². The van der Waals surface area contributed by atoms with Gasteiger partial charge in [-0.25, -0.2) is 19.6 Å². The van der Waals surface area contributed by atoms with E-state index in [1.165, 1.54) is 21.5 Å². The van der Waals surface area contributed by atoms with Crippen LogP contribution in [0.2, 0.25) is 0 Å². The zero-order valence-corrected chi connectivity index (χ0v) is 17.1. The lowest BCUT2D eigenvalue weighted by Gasteiger charge is -2.34. The standard InChI is InChI=1S/C18H22F3N7O4/c1-12(24-16(30)31)10-27-6-7-28(17(27)32)11-14(29)25-2-4-26(5-3-25)15-22-8-13(9-23-15)18(19,20)21/h6-9,12,24H,2-5,10-11H2,1H3,(H,30,31). The summed E-state index contributed by atoms with van der Waals surface area (Å²) in [6, 6.07) is -0.489. The zero-order chi connectivity index (χ0) is 23.5. The summed E-state index contributed by atoms with van der Waals surface area (Å²) in [6.45, 7) is 2.84. The van der Waals surface area contributed by atoms with Crippen molar-refractivity contribution in [2.24, 2.45) is 0 Å². The van der Waals surface area contributed by atoms with Gasteiger partial charge in [0.25, 0.3) is 0 Å². The number of rotatable bonds is 6. The molecular weight excluding hydrogens is 435 g/mol. The van der Waals surface area contributed by atoms with Crippen molar-refractivity contribution in [1.82, 2.24) is 29.3 Å². The van der Waals surface area contributed by atoms with Gasteiger partial charge in [0.1, 0.15) is 6.54 Å². The van der Waals surface area contributed by atoms with Gasteiger partial charge in [0.2, 0.25) is 11.9 Å². The van der Waals surface area contributed by atoms with Crippen LogP contribution in [0.3, 0.4) is 0 Å². The Morgan fingerprint density at radius 1 is 1.12 bits per heavy atom. The topological polar surface area (TPSA) is 126 Å². The van der Waals surface area contributed by atoms with E-state index in [1.54, 1.807) is 16.7 Å². The van der Waals surface area contributed by atoms with Crippen molar-refractivity contribution in [2.45, 2.75) is 32.2 Å². The molecule has 174 valence electrons. The van der Waals surface area contributed by atoms with E-state index in [9.17, 15) is 27.6 Å². The maximum atomic E-state index is 12.6. The minimum Gasteiger partial charge on any atom is -0.465 e. The van der Waals surface area contributed by atoms with E-state index in [-0.39, 0.29) is 24.9 Å². The molecular formula is C18H22F3N7O4. The van der Waals surface area contributed by atoms with E-state index >= 15 is 0 Å². The van der Waals surface area contributed by atoms with E-state index in [0.29, 0.717) is 26.2 Å². The van der Waals surface area contributed by atoms with E-state index in [2.05, 4.69) is 15.3 Å². The Balaban J connectivity index is 1.54. The Labute approximate surface area is 180 Å². The third-order valence-corrected chi connectivity index (χ3v) is 4.94. The molecule has 1 aliphatic heterocycles. The lowest BCUT2D eigenvalue weighted by atomic mass is 10.3. The Kier molecular flexibility index (Phi) is 6.69. The molecule has 3 heterocycles. The molecule has 0 saturated carbocycles. The Bertz CT molecular complexity index is 1010. The minimum absolute atomic E-state index is 0.123. The van der Waals surface area contributed by atoms with Crippen LogP contribution < -0.4 is 15.9 Å². The van der Waals surface area contributed by atoms with Crippen LogP contribution in [0.15, 0.2) is 29.6 Å². The number of carbonyl (C=O) groups excluding carboxylic acids is 1. The average molecular weight is 457 g/mol. The maximum Gasteiger partial charge on any atom is 0.419 e. The number of carboxylic acid groups (broad SMARTS) is 1. The highest BCUT2D eigenvalue weighted by Gasteiger charge is 2.32. The van der Waals surface area contributed by atoms with Crippen molar-refractivity contribution in [3.05, 3.63) is 40.8 Å². The summed E-state index contributed by atoms with van der Waals surface area (Å²) in [5, 5.41) is 11.0. The predicted molar refractivity (Wildman–Crippen MR) is 105 cm³/mol. The summed E-state index contributed by atoms with van der Waals surface area (Å²) >= 11 is 0. The first-order valence-corrected chi connectivity index (χ1v) is 9.71. The second kappa shape index (κ2) is 9.28. The highest BCUT2D eigenvalue weighted by molar-refractivity contribution is 5.76. The Morgan fingerprint density at radius 2 is 1.72 bits per heavy atom. The van der Waals surface area contributed by atoms with Gasteiger partial charge in [-0.15, -0.1) is 0 Å². The quantitative estimate of drug-likeness (QED) is 0.646. The first kappa shape index (κ1) is 23.1. The molecule has 11 nitrogen and oxygen atoms in total. The van der Waals surface area contributed by atoms with Gasteiger partial charge in [-0.2, -0.15) is 13.2 Å². The number of nitrogens with one attached hydrogen (secondary N) is 1. The largest absolute Gasteiger partial charge is 0.465 e. The fourth-order valence-electron chi connectivity index (χ4n) is 3.30. The number of nitrogens with zero attached hydrogens (tertiary/aromatic N) is 6. The van der Waals surface area contributed by atoms with Crippen molar-refractivity contribution in [1.29, 1.82) is 0 Å². The van der Waals surface area contributed by atoms with Gasteiger partial charge in [-0.1, -0.05) is 0 Å². The second-order valence-electron chi connectivity index (χ2n) is 7.35. The van der Waals surface area contributed by atoms with Gasteiger partial charge in [0.15, 0.2) is 0 Å². The van der Waals surface area contributed by atoms with E-state index in [0.717, 1.165) is 12.4 Å². The third kappa shape index (κ3) is 5.56. The molecule has 1 atom stereocenters. The van der Waals surface area contributed by atoms with Crippen LogP contribution in [0.25, 0.3) is 0 Å². The van der Waals surface area contributed by atoms with Gasteiger partial charge in [0, 0.05) is 63.6 Å². The lowest BCUT2D eigenvalue weighted by Crippen LogP contribution is -2.50. The monoisotopic (exact) mass is 457 g/mol. The molecule has 0 aromatic carbocycles.